The van der Waals surface area contributed by atoms with E-state index in [0.717, 1.165) is 12.8 Å². The number of carbonyl (C=O) groups excluding carboxylic acids is 1. The molecule has 2 nitrogen and oxygen atoms in total. The Morgan fingerprint density at radius 1 is 0.680 bits per heavy atom. The second-order valence-electron chi connectivity index (χ2n) is 7.74. The van der Waals surface area contributed by atoms with Crippen LogP contribution in [0.2, 0.25) is 0 Å². The lowest BCUT2D eigenvalue weighted by Gasteiger charge is -2.14. The Hall–Kier alpha value is -0.530. The molecule has 0 aliphatic heterocycles. The van der Waals surface area contributed by atoms with E-state index >= 15 is 0 Å². The molecular formula is C23H46O2. The largest absolute Gasteiger partial charge is 0.465 e. The molecule has 0 spiro atoms. The zero-order chi connectivity index (χ0) is 18.6. The highest BCUT2D eigenvalue weighted by atomic mass is 16.5. The van der Waals surface area contributed by atoms with Crippen LogP contribution in [-0.2, 0) is 9.53 Å². The van der Waals surface area contributed by atoms with Crippen LogP contribution in [0.4, 0.5) is 0 Å². The van der Waals surface area contributed by atoms with Gasteiger partial charge in [-0.3, -0.25) is 4.79 Å². The minimum atomic E-state index is 0.0158. The van der Waals surface area contributed by atoms with E-state index in [1.807, 2.05) is 0 Å². The number of rotatable bonds is 19. The fraction of sp³-hybridized carbons (Fsp3) is 0.957. The van der Waals surface area contributed by atoms with Crippen LogP contribution in [0.25, 0.3) is 0 Å². The van der Waals surface area contributed by atoms with E-state index in [4.69, 9.17) is 4.74 Å². The van der Waals surface area contributed by atoms with Gasteiger partial charge in [0.25, 0.3) is 0 Å². The molecular weight excluding hydrogens is 308 g/mol. The molecule has 0 bridgehead atoms. The van der Waals surface area contributed by atoms with Gasteiger partial charge in [-0.2, -0.15) is 0 Å². The second-order valence-corrected chi connectivity index (χ2v) is 7.74. The van der Waals surface area contributed by atoms with E-state index in [-0.39, 0.29) is 5.97 Å². The van der Waals surface area contributed by atoms with Crippen LogP contribution >= 0.6 is 0 Å². The van der Waals surface area contributed by atoms with Crippen LogP contribution < -0.4 is 0 Å². The van der Waals surface area contributed by atoms with Crippen LogP contribution in [0.3, 0.4) is 0 Å². The molecule has 0 aromatic heterocycles. The number of hydrogen-bond acceptors (Lipinski definition) is 2. The summed E-state index contributed by atoms with van der Waals surface area (Å²) in [4.78, 5) is 11.8. The number of hydrogen-bond donors (Lipinski definition) is 0. The number of ether oxygens (including phenoxy) is 1. The molecule has 0 aromatic carbocycles. The maximum Gasteiger partial charge on any atom is 0.305 e. The smallest absolute Gasteiger partial charge is 0.305 e. The second kappa shape index (κ2) is 19.8. The summed E-state index contributed by atoms with van der Waals surface area (Å²) in [6, 6.07) is 0. The fourth-order valence-electron chi connectivity index (χ4n) is 3.29. The standard InChI is InChI=1S/C23H46O2/c1-4-7-9-10-11-12-13-14-15-16-17-18-20-23(24)25-21-22(6-3)19-8-5-2/h22H,4-21H2,1-3H3. The van der Waals surface area contributed by atoms with Gasteiger partial charge < -0.3 is 4.74 Å². The van der Waals surface area contributed by atoms with Crippen molar-refractivity contribution in [1.82, 2.24) is 0 Å². The summed E-state index contributed by atoms with van der Waals surface area (Å²) in [5.74, 6) is 0.577. The molecule has 150 valence electrons. The third kappa shape index (κ3) is 18.1. The molecule has 0 saturated carbocycles. The summed E-state index contributed by atoms with van der Waals surface area (Å²) in [6.45, 7) is 7.31. The van der Waals surface area contributed by atoms with Crippen LogP contribution in [0, 0.1) is 5.92 Å². The minimum Gasteiger partial charge on any atom is -0.465 e. The fourth-order valence-corrected chi connectivity index (χ4v) is 3.29. The highest BCUT2D eigenvalue weighted by Gasteiger charge is 2.09. The summed E-state index contributed by atoms with van der Waals surface area (Å²) in [7, 11) is 0. The molecule has 1 atom stereocenters. The minimum absolute atomic E-state index is 0.0158. The molecule has 0 heterocycles. The molecule has 0 aromatic rings. The van der Waals surface area contributed by atoms with Crippen molar-refractivity contribution in [2.45, 2.75) is 130 Å². The Kier molecular flexibility index (Phi) is 19.4. The first-order valence-corrected chi connectivity index (χ1v) is 11.4. The molecule has 0 rings (SSSR count). The van der Waals surface area contributed by atoms with Gasteiger partial charge in [-0.1, -0.05) is 111 Å². The van der Waals surface area contributed by atoms with E-state index in [9.17, 15) is 4.79 Å². The molecule has 0 N–H and O–H groups in total. The van der Waals surface area contributed by atoms with Crippen molar-refractivity contribution in [2.24, 2.45) is 5.92 Å². The predicted molar refractivity (Wildman–Crippen MR) is 110 cm³/mol. The number of esters is 1. The van der Waals surface area contributed by atoms with Gasteiger partial charge in [-0.25, -0.2) is 0 Å². The molecule has 25 heavy (non-hydrogen) atoms. The van der Waals surface area contributed by atoms with E-state index in [1.54, 1.807) is 0 Å². The first kappa shape index (κ1) is 24.5. The Morgan fingerprint density at radius 2 is 1.16 bits per heavy atom. The van der Waals surface area contributed by atoms with Crippen molar-refractivity contribution in [1.29, 1.82) is 0 Å². The molecule has 0 amide bonds. The molecule has 1 unspecified atom stereocenters. The normalized spacial score (nSPS) is 12.3. The Balaban J connectivity index is 3.31. The first-order chi connectivity index (χ1) is 12.2. The Bertz CT molecular complexity index is 275. The quantitative estimate of drug-likeness (QED) is 0.174. The van der Waals surface area contributed by atoms with Gasteiger partial charge in [0.05, 0.1) is 6.61 Å². The maximum absolute atomic E-state index is 11.8. The highest BCUT2D eigenvalue weighted by Crippen LogP contribution is 2.15. The van der Waals surface area contributed by atoms with Gasteiger partial charge in [0, 0.05) is 6.42 Å². The monoisotopic (exact) mass is 354 g/mol. The molecule has 0 radical (unpaired) electrons. The lowest BCUT2D eigenvalue weighted by molar-refractivity contribution is -0.145. The summed E-state index contributed by atoms with van der Waals surface area (Å²) in [6.07, 6.45) is 21.4. The Morgan fingerprint density at radius 3 is 1.64 bits per heavy atom. The van der Waals surface area contributed by atoms with E-state index < -0.39 is 0 Å². The molecule has 0 fully saturated rings. The number of carbonyl (C=O) groups is 1. The van der Waals surface area contributed by atoms with Crippen molar-refractivity contribution in [2.75, 3.05) is 6.61 Å². The third-order valence-electron chi connectivity index (χ3n) is 5.26. The van der Waals surface area contributed by atoms with E-state index in [2.05, 4.69) is 20.8 Å². The molecule has 0 aliphatic rings. The summed E-state index contributed by atoms with van der Waals surface area (Å²) in [5, 5.41) is 0. The van der Waals surface area contributed by atoms with Gasteiger partial charge in [0.1, 0.15) is 0 Å². The lowest BCUT2D eigenvalue weighted by atomic mass is 10.0. The van der Waals surface area contributed by atoms with Crippen LogP contribution in [0.1, 0.15) is 130 Å². The van der Waals surface area contributed by atoms with Crippen LogP contribution in [0.5, 0.6) is 0 Å². The molecule has 2 heteroatoms. The van der Waals surface area contributed by atoms with E-state index in [0.29, 0.717) is 18.9 Å². The van der Waals surface area contributed by atoms with Crippen LogP contribution in [0.15, 0.2) is 0 Å². The average molecular weight is 355 g/mol. The van der Waals surface area contributed by atoms with Gasteiger partial charge in [0.2, 0.25) is 0 Å². The first-order valence-electron chi connectivity index (χ1n) is 11.4. The third-order valence-corrected chi connectivity index (χ3v) is 5.26. The topological polar surface area (TPSA) is 26.3 Å². The SMILES string of the molecule is CCCCCCCCCCCCCCC(=O)OCC(CC)CCCC. The van der Waals surface area contributed by atoms with E-state index in [1.165, 1.54) is 89.9 Å². The lowest BCUT2D eigenvalue weighted by Crippen LogP contribution is -2.13. The zero-order valence-electron chi connectivity index (χ0n) is 17.6. The van der Waals surface area contributed by atoms with Gasteiger partial charge in [-0.15, -0.1) is 0 Å². The summed E-state index contributed by atoms with van der Waals surface area (Å²) >= 11 is 0. The van der Waals surface area contributed by atoms with Crippen molar-refractivity contribution in [3.63, 3.8) is 0 Å². The van der Waals surface area contributed by atoms with Gasteiger partial charge in [0.15, 0.2) is 0 Å². The van der Waals surface area contributed by atoms with Crippen molar-refractivity contribution < 1.29 is 9.53 Å². The van der Waals surface area contributed by atoms with Gasteiger partial charge >= 0.3 is 5.97 Å². The predicted octanol–water partition coefficient (Wildman–Crippen LogP) is 7.84. The Labute approximate surface area is 158 Å². The van der Waals surface area contributed by atoms with Gasteiger partial charge in [-0.05, 0) is 18.8 Å². The highest BCUT2D eigenvalue weighted by molar-refractivity contribution is 5.69. The maximum atomic E-state index is 11.8. The van der Waals surface area contributed by atoms with Crippen molar-refractivity contribution >= 4 is 5.97 Å². The summed E-state index contributed by atoms with van der Waals surface area (Å²) in [5.41, 5.74) is 0. The van der Waals surface area contributed by atoms with Crippen LogP contribution in [-0.4, -0.2) is 12.6 Å². The molecule has 0 aliphatic carbocycles. The zero-order valence-corrected chi connectivity index (χ0v) is 17.6. The number of unbranched alkanes of at least 4 members (excludes halogenated alkanes) is 12. The molecule has 0 saturated heterocycles. The van der Waals surface area contributed by atoms with Crippen molar-refractivity contribution in [3.05, 3.63) is 0 Å². The summed E-state index contributed by atoms with van der Waals surface area (Å²) < 4.78 is 5.45. The average Bonchev–Trinajstić information content (AvgIpc) is 2.62. The van der Waals surface area contributed by atoms with Crippen molar-refractivity contribution in [3.8, 4) is 0 Å².